The molecule has 1 N–H and O–H groups in total. The number of nitrogens with one attached hydrogen (secondary N) is 1. The first-order valence-electron chi connectivity index (χ1n) is 12.4. The molecule has 40 heavy (non-hydrogen) atoms. The highest BCUT2D eigenvalue weighted by Crippen LogP contribution is 2.41. The largest absolute Gasteiger partial charge is 0.354 e. The monoisotopic (exact) mass is 556 g/mol. The number of hydrogen-bond donors (Lipinski definition) is 1. The maximum absolute atomic E-state index is 15.2. The van der Waals surface area contributed by atoms with Gasteiger partial charge in [-0.2, -0.15) is 8.42 Å². The van der Waals surface area contributed by atoms with Crippen LogP contribution in [0.2, 0.25) is 0 Å². The van der Waals surface area contributed by atoms with Crippen LogP contribution in [0.15, 0.2) is 82.9 Å². The third-order valence-corrected chi connectivity index (χ3v) is 8.91. The van der Waals surface area contributed by atoms with E-state index in [9.17, 15) is 18.5 Å². The molecule has 9 nitrogen and oxygen atoms in total. The van der Waals surface area contributed by atoms with Crippen LogP contribution in [0.4, 0.5) is 15.8 Å². The summed E-state index contributed by atoms with van der Waals surface area (Å²) in [6.45, 7) is 5.62. The summed E-state index contributed by atoms with van der Waals surface area (Å²) in [4.78, 5) is 15.2. The Hall–Kier alpha value is -4.74. The van der Waals surface area contributed by atoms with Gasteiger partial charge >= 0.3 is 10.0 Å². The van der Waals surface area contributed by atoms with Crippen molar-refractivity contribution in [3.8, 4) is 16.8 Å². The molecule has 1 atom stereocenters. The topological polar surface area (TPSA) is 112 Å². The highest BCUT2D eigenvalue weighted by Gasteiger charge is 2.38. The lowest BCUT2D eigenvalue weighted by Crippen LogP contribution is -3.03. The van der Waals surface area contributed by atoms with Crippen LogP contribution in [0, 0.1) is 36.7 Å². The quantitative estimate of drug-likeness (QED) is 0.244. The summed E-state index contributed by atoms with van der Waals surface area (Å²) in [5, 5.41) is 16.3. The lowest BCUT2D eigenvalue weighted by molar-refractivity contribution is -0.694. The summed E-state index contributed by atoms with van der Waals surface area (Å²) >= 11 is 0. The van der Waals surface area contributed by atoms with E-state index < -0.39 is 20.8 Å². The fourth-order valence-electron chi connectivity index (χ4n) is 5.25. The molecule has 5 aromatic rings. The number of quaternary nitrogens is 1. The molecule has 0 saturated carbocycles. The Morgan fingerprint density at radius 3 is 2.42 bits per heavy atom. The van der Waals surface area contributed by atoms with Gasteiger partial charge in [0.1, 0.15) is 10.5 Å². The van der Waals surface area contributed by atoms with Crippen LogP contribution >= 0.6 is 0 Å². The van der Waals surface area contributed by atoms with Crippen LogP contribution in [0.5, 0.6) is 0 Å². The zero-order valence-corrected chi connectivity index (χ0v) is 22.5. The van der Waals surface area contributed by atoms with Crippen LogP contribution in [0.3, 0.4) is 0 Å². The third-order valence-electron chi connectivity index (χ3n) is 7.18. The van der Waals surface area contributed by atoms with E-state index in [1.165, 1.54) is 12.1 Å². The van der Waals surface area contributed by atoms with Gasteiger partial charge in [0, 0.05) is 40.5 Å². The smallest absolute Gasteiger partial charge is 0.295 e. The summed E-state index contributed by atoms with van der Waals surface area (Å²) in [5.74, 6) is -0.761. The van der Waals surface area contributed by atoms with Crippen molar-refractivity contribution in [2.45, 2.75) is 25.7 Å². The molecule has 3 heterocycles. The molecule has 0 aliphatic carbocycles. The van der Waals surface area contributed by atoms with Gasteiger partial charge in [0.2, 0.25) is 0 Å². The van der Waals surface area contributed by atoms with E-state index in [-0.39, 0.29) is 20.7 Å². The second kappa shape index (κ2) is 9.18. The average Bonchev–Trinajstić information content (AvgIpc) is 3.48. The van der Waals surface area contributed by atoms with Gasteiger partial charge in [0.05, 0.1) is 28.5 Å². The molecule has 0 bridgehead atoms. The van der Waals surface area contributed by atoms with Crippen LogP contribution < -0.4 is 4.41 Å². The minimum absolute atomic E-state index is 0.0338. The van der Waals surface area contributed by atoms with E-state index in [0.29, 0.717) is 22.6 Å². The number of fused-ring (bicyclic) bond motifs is 2. The van der Waals surface area contributed by atoms with E-state index in [0.717, 1.165) is 33.7 Å². The van der Waals surface area contributed by atoms with Crippen LogP contribution in [-0.2, 0) is 10.0 Å². The van der Waals surface area contributed by atoms with E-state index >= 15 is 4.39 Å². The Morgan fingerprint density at radius 1 is 0.975 bits per heavy atom. The van der Waals surface area contributed by atoms with E-state index in [4.69, 9.17) is 0 Å². The lowest BCUT2D eigenvalue weighted by atomic mass is 9.93. The van der Waals surface area contributed by atoms with Crippen molar-refractivity contribution >= 4 is 38.6 Å². The van der Waals surface area contributed by atoms with Crippen molar-refractivity contribution in [2.24, 2.45) is 5.10 Å². The van der Waals surface area contributed by atoms with Gasteiger partial charge in [-0.25, -0.2) is 9.37 Å². The second-order valence-electron chi connectivity index (χ2n) is 9.66. The van der Waals surface area contributed by atoms with E-state index in [1.807, 2.05) is 32.9 Å². The minimum Gasteiger partial charge on any atom is -0.295 e. The second-order valence-corrected chi connectivity index (χ2v) is 11.5. The number of hydrogen-bond acceptors (Lipinski definition) is 6. The van der Waals surface area contributed by atoms with Crippen molar-refractivity contribution in [3.63, 3.8) is 0 Å². The minimum atomic E-state index is -3.89. The number of halogens is 1. The van der Waals surface area contributed by atoms with Crippen molar-refractivity contribution < 1.29 is 22.1 Å². The van der Waals surface area contributed by atoms with Crippen LogP contribution in [0.25, 0.3) is 27.8 Å². The van der Waals surface area contributed by atoms with Crippen molar-refractivity contribution in [3.05, 3.63) is 111 Å². The van der Waals surface area contributed by atoms with Gasteiger partial charge in [-0.3, -0.25) is 14.7 Å². The molecule has 0 fully saturated rings. The summed E-state index contributed by atoms with van der Waals surface area (Å²) in [6.07, 6.45) is 3.15. The summed E-state index contributed by atoms with van der Waals surface area (Å²) in [5.41, 5.74) is 5.31. The van der Waals surface area contributed by atoms with Crippen molar-refractivity contribution in [2.75, 3.05) is 0 Å². The summed E-state index contributed by atoms with van der Waals surface area (Å²) in [7, 11) is -3.89. The molecule has 2 aromatic heterocycles. The number of non-ortho nitro benzene ring substituents is 1. The number of rotatable bonds is 5. The van der Waals surface area contributed by atoms with E-state index in [1.54, 1.807) is 53.4 Å². The number of nitro benzene ring substituents is 1. The first kappa shape index (κ1) is 25.5. The molecule has 0 amide bonds. The van der Waals surface area contributed by atoms with Gasteiger partial charge in [-0.05, 0) is 56.7 Å². The first-order chi connectivity index (χ1) is 19.1. The molecule has 1 aliphatic heterocycles. The number of aromatic nitrogens is 2. The van der Waals surface area contributed by atoms with Crippen molar-refractivity contribution in [1.82, 2.24) is 9.55 Å². The zero-order valence-electron chi connectivity index (χ0n) is 21.7. The number of nitro groups is 1. The zero-order chi connectivity index (χ0) is 28.3. The Bertz CT molecular complexity index is 2000. The van der Waals surface area contributed by atoms with Crippen LogP contribution in [-0.4, -0.2) is 29.1 Å². The predicted octanol–water partition coefficient (Wildman–Crippen LogP) is 4.92. The molecule has 6 rings (SSSR count). The number of nitrogens with zero attached hydrogens (tertiary/aromatic N) is 4. The molecule has 3 aromatic carbocycles. The standard InChI is InChI=1S/C29H22FN5O4S/c1-17-6-10-21(11-7-17)40(38,39)34-25-12-8-18(2)27(23(25)16-32-34)28-19(3)33(29-22(28)5-4-14-31-29)26-13-9-20(35(36)37)15-24(26)30/h4-16H,1-3H3/p+1. The predicted molar refractivity (Wildman–Crippen MR) is 149 cm³/mol. The fourth-order valence-corrected chi connectivity index (χ4v) is 6.63. The molecule has 1 aliphatic rings. The van der Waals surface area contributed by atoms with Gasteiger partial charge in [-0.1, -0.05) is 33.3 Å². The lowest BCUT2D eigenvalue weighted by Gasteiger charge is -2.14. The van der Waals surface area contributed by atoms with Gasteiger partial charge in [-0.15, -0.1) is 0 Å². The number of sulfonamides is 1. The molecule has 0 radical (unpaired) electrons. The molecular weight excluding hydrogens is 533 g/mol. The Labute approximate surface area is 229 Å². The Morgan fingerprint density at radius 2 is 1.73 bits per heavy atom. The number of benzene rings is 3. The average molecular weight is 557 g/mol. The Balaban J connectivity index is 1.57. The molecule has 0 saturated heterocycles. The maximum Gasteiger partial charge on any atom is 0.354 e. The number of aryl methyl sites for hydroxylation is 2. The van der Waals surface area contributed by atoms with Gasteiger partial charge in [0.15, 0.2) is 11.5 Å². The molecule has 0 spiro atoms. The van der Waals surface area contributed by atoms with Crippen molar-refractivity contribution in [1.29, 1.82) is 0 Å². The fraction of sp³-hybridized carbons (Fsp3) is 0.103. The SMILES string of the molecule is Cc1ccc(S(=O)(=O)[NH+]2N=Cc3c2ccc(C)c3-c2c(C)n(-c3ccc([N+](=O)[O-])cc3F)c3ncccc23)cc1. The maximum atomic E-state index is 15.2. The highest BCUT2D eigenvalue weighted by atomic mass is 32.2. The van der Waals surface area contributed by atoms with Crippen LogP contribution in [0.1, 0.15) is 22.4 Å². The molecule has 200 valence electrons. The van der Waals surface area contributed by atoms with Gasteiger partial charge < -0.3 is 0 Å². The molecular formula is C29H23FN5O4S+. The highest BCUT2D eigenvalue weighted by molar-refractivity contribution is 7.85. The van der Waals surface area contributed by atoms with E-state index in [2.05, 4.69) is 10.1 Å². The summed E-state index contributed by atoms with van der Waals surface area (Å²) in [6, 6.07) is 17.4. The molecule has 1 unspecified atom stereocenters. The normalized spacial score (nSPS) is 14.6. The van der Waals surface area contributed by atoms with Gasteiger partial charge in [0.25, 0.3) is 5.69 Å². The Kier molecular flexibility index (Phi) is 5.86. The number of pyridine rings is 1. The third kappa shape index (κ3) is 3.81. The molecule has 11 heteroatoms. The summed E-state index contributed by atoms with van der Waals surface area (Å²) < 4.78 is 44.0. The first-order valence-corrected chi connectivity index (χ1v) is 13.9.